The number of carboxylic acid groups (broad SMARTS) is 1. The van der Waals surface area contributed by atoms with Crippen molar-refractivity contribution in [3.05, 3.63) is 47.5 Å². The molecular formula is C13H15N5O3. The van der Waals surface area contributed by atoms with Crippen molar-refractivity contribution in [1.82, 2.24) is 25.4 Å². The van der Waals surface area contributed by atoms with Crippen LogP contribution in [-0.2, 0) is 20.1 Å². The first kappa shape index (κ1) is 14.5. The Labute approximate surface area is 120 Å². The van der Waals surface area contributed by atoms with Gasteiger partial charge >= 0.3 is 12.0 Å². The fourth-order valence-electron chi connectivity index (χ4n) is 1.69. The summed E-state index contributed by atoms with van der Waals surface area (Å²) in [6.45, 7) is 0.503. The maximum atomic E-state index is 11.6. The summed E-state index contributed by atoms with van der Waals surface area (Å²) in [5.74, 6) is -0.360. The second-order valence-corrected chi connectivity index (χ2v) is 4.40. The van der Waals surface area contributed by atoms with E-state index in [1.807, 2.05) is 0 Å². The highest BCUT2D eigenvalue weighted by Crippen LogP contribution is 2.05. The van der Waals surface area contributed by atoms with Gasteiger partial charge in [0.15, 0.2) is 5.82 Å². The molecule has 2 rings (SSSR count). The third kappa shape index (κ3) is 4.03. The van der Waals surface area contributed by atoms with Crippen LogP contribution in [0.4, 0.5) is 4.79 Å². The molecule has 110 valence electrons. The molecule has 1 aromatic heterocycles. The Bertz CT molecular complexity index is 653. The number of carbonyl (C=O) groups is 2. The fraction of sp³-hybridized carbons (Fsp3) is 0.231. The van der Waals surface area contributed by atoms with Gasteiger partial charge in [0.2, 0.25) is 0 Å². The maximum absolute atomic E-state index is 11.6. The van der Waals surface area contributed by atoms with E-state index < -0.39 is 5.97 Å². The first-order valence-electron chi connectivity index (χ1n) is 6.23. The lowest BCUT2D eigenvalue weighted by Crippen LogP contribution is -2.35. The highest BCUT2D eigenvalue weighted by atomic mass is 16.4. The molecule has 0 saturated carbocycles. The maximum Gasteiger partial charge on any atom is 0.335 e. The second kappa shape index (κ2) is 6.51. The molecule has 0 aliphatic carbocycles. The summed E-state index contributed by atoms with van der Waals surface area (Å²) < 4.78 is 1.70. The van der Waals surface area contributed by atoms with Crippen LogP contribution in [0.5, 0.6) is 0 Å². The predicted molar refractivity (Wildman–Crippen MR) is 73.5 cm³/mol. The summed E-state index contributed by atoms with van der Waals surface area (Å²) in [5, 5.41) is 21.7. The Kier molecular flexibility index (Phi) is 4.50. The molecule has 0 fully saturated rings. The molecule has 8 heteroatoms. The minimum absolute atomic E-state index is 0.189. The van der Waals surface area contributed by atoms with Crippen molar-refractivity contribution in [2.75, 3.05) is 0 Å². The summed E-state index contributed by atoms with van der Waals surface area (Å²) in [6, 6.07) is 6.04. The normalized spacial score (nSPS) is 10.1. The number of rotatable bonds is 5. The zero-order chi connectivity index (χ0) is 15.2. The van der Waals surface area contributed by atoms with Crippen molar-refractivity contribution in [2.24, 2.45) is 7.05 Å². The number of hydrogen-bond acceptors (Lipinski definition) is 4. The molecule has 0 aliphatic rings. The molecule has 0 saturated heterocycles. The molecular weight excluding hydrogens is 274 g/mol. The fourth-order valence-corrected chi connectivity index (χ4v) is 1.69. The van der Waals surface area contributed by atoms with Crippen molar-refractivity contribution in [3.8, 4) is 0 Å². The third-order valence-corrected chi connectivity index (χ3v) is 2.84. The second-order valence-electron chi connectivity index (χ2n) is 4.40. The van der Waals surface area contributed by atoms with Crippen LogP contribution in [0.15, 0.2) is 30.6 Å². The van der Waals surface area contributed by atoms with Gasteiger partial charge in [0, 0.05) is 13.6 Å². The van der Waals surface area contributed by atoms with E-state index in [0.717, 1.165) is 0 Å². The number of aromatic carboxylic acids is 1. The van der Waals surface area contributed by atoms with Crippen LogP contribution >= 0.6 is 0 Å². The zero-order valence-electron chi connectivity index (χ0n) is 11.4. The number of nitrogens with zero attached hydrogens (tertiary/aromatic N) is 3. The zero-order valence-corrected chi connectivity index (χ0v) is 11.4. The minimum Gasteiger partial charge on any atom is -0.478 e. The van der Waals surface area contributed by atoms with Crippen LogP contribution in [0.1, 0.15) is 21.7 Å². The Balaban J connectivity index is 1.82. The van der Waals surface area contributed by atoms with Gasteiger partial charge in [0.1, 0.15) is 6.33 Å². The highest BCUT2D eigenvalue weighted by molar-refractivity contribution is 5.87. The monoisotopic (exact) mass is 289 g/mol. The van der Waals surface area contributed by atoms with Crippen molar-refractivity contribution in [2.45, 2.75) is 13.1 Å². The molecule has 8 nitrogen and oxygen atoms in total. The topological polar surface area (TPSA) is 109 Å². The predicted octanol–water partition coefficient (Wildman–Crippen LogP) is 0.513. The van der Waals surface area contributed by atoms with E-state index in [2.05, 4.69) is 20.8 Å². The molecule has 0 bridgehead atoms. The van der Waals surface area contributed by atoms with E-state index in [1.165, 1.54) is 12.1 Å². The minimum atomic E-state index is -0.997. The van der Waals surface area contributed by atoms with Crippen molar-refractivity contribution >= 4 is 12.0 Å². The van der Waals surface area contributed by atoms with Crippen LogP contribution in [-0.4, -0.2) is 31.9 Å². The molecule has 3 N–H and O–H groups in total. The summed E-state index contributed by atoms with van der Waals surface area (Å²) in [6.07, 6.45) is 1.55. The molecule has 0 aliphatic heterocycles. The summed E-state index contributed by atoms with van der Waals surface area (Å²) in [4.78, 5) is 22.5. The Morgan fingerprint density at radius 1 is 1.29 bits per heavy atom. The molecule has 2 amide bonds. The number of carbonyl (C=O) groups excluding carboxylic acids is 1. The first-order valence-corrected chi connectivity index (χ1v) is 6.23. The number of nitrogens with one attached hydrogen (secondary N) is 2. The van der Waals surface area contributed by atoms with E-state index in [4.69, 9.17) is 5.11 Å². The van der Waals surface area contributed by atoms with E-state index in [1.54, 1.807) is 30.1 Å². The number of urea groups is 1. The molecule has 0 atom stereocenters. The lowest BCUT2D eigenvalue weighted by Gasteiger charge is -2.07. The molecule has 0 unspecified atom stereocenters. The summed E-state index contributed by atoms with van der Waals surface area (Å²) in [5.41, 5.74) is 0.900. The standard InChI is InChI=1S/C13H15N5O3/c1-18-8-16-17-11(18)7-15-13(21)14-6-9-3-2-4-10(5-9)12(19)20/h2-5,8H,6-7H2,1H3,(H,19,20)(H2,14,15,21). The smallest absolute Gasteiger partial charge is 0.335 e. The quantitative estimate of drug-likeness (QED) is 0.743. The van der Waals surface area contributed by atoms with E-state index >= 15 is 0 Å². The Morgan fingerprint density at radius 2 is 2.05 bits per heavy atom. The molecule has 0 radical (unpaired) electrons. The van der Waals surface area contributed by atoms with Crippen molar-refractivity contribution < 1.29 is 14.7 Å². The SMILES string of the molecule is Cn1cnnc1CNC(=O)NCc1cccc(C(=O)O)c1. The van der Waals surface area contributed by atoms with Crippen LogP contribution in [0.2, 0.25) is 0 Å². The third-order valence-electron chi connectivity index (χ3n) is 2.84. The molecule has 1 heterocycles. The lowest BCUT2D eigenvalue weighted by molar-refractivity contribution is 0.0696. The number of hydrogen-bond donors (Lipinski definition) is 3. The van der Waals surface area contributed by atoms with Crippen molar-refractivity contribution in [1.29, 1.82) is 0 Å². The van der Waals surface area contributed by atoms with Gasteiger partial charge < -0.3 is 20.3 Å². The van der Waals surface area contributed by atoms with Crippen LogP contribution < -0.4 is 10.6 Å². The molecule has 2 aromatic rings. The number of aromatic nitrogens is 3. The average Bonchev–Trinajstić information content (AvgIpc) is 2.88. The molecule has 21 heavy (non-hydrogen) atoms. The number of benzene rings is 1. The average molecular weight is 289 g/mol. The van der Waals surface area contributed by atoms with Gasteiger partial charge in [-0.05, 0) is 17.7 Å². The first-order chi connectivity index (χ1) is 10.1. The van der Waals surface area contributed by atoms with Crippen LogP contribution in [0, 0.1) is 0 Å². The lowest BCUT2D eigenvalue weighted by atomic mass is 10.1. The van der Waals surface area contributed by atoms with E-state index in [0.29, 0.717) is 11.4 Å². The summed E-state index contributed by atoms with van der Waals surface area (Å²) >= 11 is 0. The molecule has 1 aromatic carbocycles. The number of amides is 2. The Hall–Kier alpha value is -2.90. The van der Waals surface area contributed by atoms with Gasteiger partial charge in [-0.1, -0.05) is 12.1 Å². The summed E-state index contributed by atoms with van der Waals surface area (Å²) in [7, 11) is 1.78. The van der Waals surface area contributed by atoms with Gasteiger partial charge in [-0.25, -0.2) is 9.59 Å². The van der Waals surface area contributed by atoms with Crippen LogP contribution in [0.25, 0.3) is 0 Å². The Morgan fingerprint density at radius 3 is 2.71 bits per heavy atom. The molecule has 0 spiro atoms. The van der Waals surface area contributed by atoms with Gasteiger partial charge in [0.25, 0.3) is 0 Å². The van der Waals surface area contributed by atoms with Crippen LogP contribution in [0.3, 0.4) is 0 Å². The van der Waals surface area contributed by atoms with E-state index in [-0.39, 0.29) is 24.7 Å². The number of aryl methyl sites for hydroxylation is 1. The van der Waals surface area contributed by atoms with Crippen molar-refractivity contribution in [3.63, 3.8) is 0 Å². The highest BCUT2D eigenvalue weighted by Gasteiger charge is 2.06. The van der Waals surface area contributed by atoms with Gasteiger partial charge in [-0.2, -0.15) is 0 Å². The number of carboxylic acids is 1. The largest absolute Gasteiger partial charge is 0.478 e. The van der Waals surface area contributed by atoms with Gasteiger partial charge in [0.05, 0.1) is 12.1 Å². The van der Waals surface area contributed by atoms with E-state index in [9.17, 15) is 9.59 Å². The van der Waals surface area contributed by atoms with Gasteiger partial charge in [-0.3, -0.25) is 0 Å². The van der Waals surface area contributed by atoms with Gasteiger partial charge in [-0.15, -0.1) is 10.2 Å².